The van der Waals surface area contributed by atoms with E-state index in [-0.39, 0.29) is 6.61 Å². The molecule has 2 N–H and O–H groups in total. The van der Waals surface area contributed by atoms with Crippen LogP contribution < -0.4 is 4.74 Å². The van der Waals surface area contributed by atoms with Gasteiger partial charge in [0, 0.05) is 6.42 Å². The van der Waals surface area contributed by atoms with Crippen LogP contribution in [0.3, 0.4) is 0 Å². The Labute approximate surface area is 143 Å². The van der Waals surface area contributed by atoms with E-state index in [0.717, 1.165) is 5.56 Å². The predicted octanol–water partition coefficient (Wildman–Crippen LogP) is 1.05. The Morgan fingerprint density at radius 3 is 2.88 bits per heavy atom. The largest absolute Gasteiger partial charge is 0.460 e. The number of rotatable bonds is 5. The molecule has 1 aliphatic rings. The summed E-state index contributed by atoms with van der Waals surface area (Å²) in [4.78, 5) is 12.7. The molecule has 8 nitrogen and oxygen atoms in total. The topological polar surface area (TPSA) is 103 Å². The number of aliphatic hydroxyl groups is 2. The Balaban J connectivity index is 1.66. The minimum Gasteiger partial charge on any atom is -0.460 e. The van der Waals surface area contributed by atoms with E-state index >= 15 is 0 Å². The van der Waals surface area contributed by atoms with Crippen molar-refractivity contribution in [3.63, 3.8) is 0 Å². The lowest BCUT2D eigenvalue weighted by Gasteiger charge is -2.16. The zero-order valence-corrected chi connectivity index (χ0v) is 13.4. The van der Waals surface area contributed by atoms with E-state index in [0.29, 0.717) is 30.2 Å². The van der Waals surface area contributed by atoms with Gasteiger partial charge in [0.1, 0.15) is 30.8 Å². The third-order valence-corrected chi connectivity index (χ3v) is 4.21. The highest BCUT2D eigenvalue weighted by Gasteiger charge is 2.37. The number of benzene rings is 1. The molecule has 1 fully saturated rings. The first-order chi connectivity index (χ1) is 12.3. The average Bonchev–Trinajstić information content (AvgIpc) is 3.20. The molecule has 1 aromatic carbocycles. The summed E-state index contributed by atoms with van der Waals surface area (Å²) in [5.41, 5.74) is 2.15. The van der Waals surface area contributed by atoms with Crippen molar-refractivity contribution in [2.24, 2.45) is 0 Å². The smallest absolute Gasteiger partial charge is 0.301 e. The van der Waals surface area contributed by atoms with Crippen LogP contribution in [0.4, 0.5) is 0 Å². The number of fused-ring (bicyclic) bond motifs is 1. The normalized spacial score (nSPS) is 23.2. The van der Waals surface area contributed by atoms with Crippen molar-refractivity contribution in [1.82, 2.24) is 19.5 Å². The number of ether oxygens (including phenoxy) is 2. The van der Waals surface area contributed by atoms with Crippen LogP contribution in [0, 0.1) is 0 Å². The first kappa shape index (κ1) is 15.9. The molecule has 1 aliphatic heterocycles. The van der Waals surface area contributed by atoms with Crippen LogP contribution >= 0.6 is 0 Å². The van der Waals surface area contributed by atoms with Crippen LogP contribution in [0.5, 0.6) is 6.01 Å². The summed E-state index contributed by atoms with van der Waals surface area (Å²) in [7, 11) is 0. The van der Waals surface area contributed by atoms with Crippen molar-refractivity contribution < 1.29 is 19.7 Å². The van der Waals surface area contributed by atoms with E-state index in [1.54, 1.807) is 10.8 Å². The summed E-state index contributed by atoms with van der Waals surface area (Å²) >= 11 is 0. The van der Waals surface area contributed by atoms with Gasteiger partial charge in [0.25, 0.3) is 0 Å². The summed E-state index contributed by atoms with van der Waals surface area (Å²) in [6, 6.07) is 10.1. The van der Waals surface area contributed by atoms with Crippen molar-refractivity contribution in [1.29, 1.82) is 0 Å². The first-order valence-electron chi connectivity index (χ1n) is 8.05. The number of aliphatic hydroxyl groups excluding tert-OH is 2. The molecule has 0 spiro atoms. The van der Waals surface area contributed by atoms with Crippen LogP contribution in [0.25, 0.3) is 11.2 Å². The van der Waals surface area contributed by atoms with Gasteiger partial charge in [-0.3, -0.25) is 4.57 Å². The molecule has 130 valence electrons. The lowest BCUT2D eigenvalue weighted by atomic mass is 10.2. The molecule has 3 atom stereocenters. The Kier molecular flexibility index (Phi) is 4.31. The van der Waals surface area contributed by atoms with Gasteiger partial charge in [0.15, 0.2) is 5.65 Å². The number of imidazole rings is 1. The molecular formula is C17H18N4O4. The SMILES string of the molecule is OC[C@H]1O[C@@H](n2c(OCc3ccccc3)nc3cncnc32)CC1O. The second kappa shape index (κ2) is 6.75. The number of nitrogens with zero attached hydrogens (tertiary/aromatic N) is 4. The lowest BCUT2D eigenvalue weighted by Crippen LogP contribution is -2.24. The molecule has 25 heavy (non-hydrogen) atoms. The highest BCUT2D eigenvalue weighted by Crippen LogP contribution is 2.34. The molecule has 2 aromatic heterocycles. The molecule has 0 amide bonds. The minimum atomic E-state index is -0.753. The Morgan fingerprint density at radius 2 is 2.12 bits per heavy atom. The maximum atomic E-state index is 10.0. The molecule has 1 unspecified atom stereocenters. The monoisotopic (exact) mass is 342 g/mol. The van der Waals surface area contributed by atoms with Gasteiger partial charge >= 0.3 is 6.01 Å². The lowest BCUT2D eigenvalue weighted by molar-refractivity contribution is -0.0456. The fraction of sp³-hybridized carbons (Fsp3) is 0.353. The van der Waals surface area contributed by atoms with Crippen LogP contribution in [-0.4, -0.2) is 48.5 Å². The molecule has 0 saturated carbocycles. The van der Waals surface area contributed by atoms with E-state index in [2.05, 4.69) is 15.0 Å². The highest BCUT2D eigenvalue weighted by atomic mass is 16.6. The predicted molar refractivity (Wildman–Crippen MR) is 87.7 cm³/mol. The molecule has 3 aromatic rings. The van der Waals surface area contributed by atoms with Crippen LogP contribution in [0.15, 0.2) is 42.9 Å². The first-order valence-corrected chi connectivity index (χ1v) is 8.05. The molecule has 0 bridgehead atoms. The van der Waals surface area contributed by atoms with Crippen molar-refractivity contribution >= 4 is 11.2 Å². The molecule has 0 radical (unpaired) electrons. The average molecular weight is 342 g/mol. The quantitative estimate of drug-likeness (QED) is 0.714. The van der Waals surface area contributed by atoms with Gasteiger partial charge in [0.2, 0.25) is 0 Å². The molecular weight excluding hydrogens is 324 g/mol. The van der Waals surface area contributed by atoms with Crippen LogP contribution in [-0.2, 0) is 11.3 Å². The zero-order valence-electron chi connectivity index (χ0n) is 13.4. The maximum absolute atomic E-state index is 10.0. The van der Waals surface area contributed by atoms with Gasteiger partial charge in [-0.05, 0) is 5.56 Å². The Hall–Kier alpha value is -2.55. The van der Waals surface area contributed by atoms with Crippen LogP contribution in [0.1, 0.15) is 18.2 Å². The van der Waals surface area contributed by atoms with E-state index < -0.39 is 18.4 Å². The molecule has 3 heterocycles. The van der Waals surface area contributed by atoms with Gasteiger partial charge in [-0.15, -0.1) is 0 Å². The fourth-order valence-electron chi connectivity index (χ4n) is 2.95. The third-order valence-electron chi connectivity index (χ3n) is 4.21. The Morgan fingerprint density at radius 1 is 1.28 bits per heavy atom. The standard InChI is InChI=1S/C17H18N4O4/c22-8-14-13(23)6-15(25-14)21-16-12(7-18-10-19-16)20-17(21)24-9-11-4-2-1-3-5-11/h1-5,7,10,13-15,22-23H,6,8-9H2/t13?,14-,15-/m1/s1. The summed E-state index contributed by atoms with van der Waals surface area (Å²) in [5.74, 6) is 0. The second-order valence-corrected chi connectivity index (χ2v) is 5.89. The fourth-order valence-corrected chi connectivity index (χ4v) is 2.95. The van der Waals surface area contributed by atoms with Gasteiger partial charge in [-0.25, -0.2) is 9.97 Å². The summed E-state index contributed by atoms with van der Waals surface area (Å²) in [6.07, 6.45) is 1.45. The number of hydrogen-bond donors (Lipinski definition) is 2. The van der Waals surface area contributed by atoms with Crippen molar-refractivity contribution in [3.05, 3.63) is 48.4 Å². The highest BCUT2D eigenvalue weighted by molar-refractivity contribution is 5.71. The number of aromatic nitrogens is 4. The second-order valence-electron chi connectivity index (χ2n) is 5.89. The minimum absolute atomic E-state index is 0.251. The molecule has 4 rings (SSSR count). The van der Waals surface area contributed by atoms with Crippen molar-refractivity contribution in [2.75, 3.05) is 6.61 Å². The van der Waals surface area contributed by atoms with Gasteiger partial charge in [-0.1, -0.05) is 30.3 Å². The number of hydrogen-bond acceptors (Lipinski definition) is 7. The molecule has 8 heteroatoms. The van der Waals surface area contributed by atoms with E-state index in [1.165, 1.54) is 6.33 Å². The van der Waals surface area contributed by atoms with Gasteiger partial charge in [-0.2, -0.15) is 4.98 Å². The molecule has 0 aliphatic carbocycles. The van der Waals surface area contributed by atoms with E-state index in [4.69, 9.17) is 9.47 Å². The third kappa shape index (κ3) is 3.07. The van der Waals surface area contributed by atoms with Crippen molar-refractivity contribution in [3.8, 4) is 6.01 Å². The maximum Gasteiger partial charge on any atom is 0.301 e. The summed E-state index contributed by atoms with van der Waals surface area (Å²) in [6.45, 7) is 0.0930. The van der Waals surface area contributed by atoms with E-state index in [1.807, 2.05) is 30.3 Å². The van der Waals surface area contributed by atoms with Gasteiger partial charge < -0.3 is 19.7 Å². The zero-order chi connectivity index (χ0) is 17.2. The Bertz CT molecular complexity index is 854. The summed E-state index contributed by atoms with van der Waals surface area (Å²) < 4.78 is 13.3. The van der Waals surface area contributed by atoms with Crippen molar-refractivity contribution in [2.45, 2.75) is 31.5 Å². The summed E-state index contributed by atoms with van der Waals surface area (Å²) in [5, 5.41) is 19.4. The molecule has 1 saturated heterocycles. The van der Waals surface area contributed by atoms with Crippen LogP contribution in [0.2, 0.25) is 0 Å². The van der Waals surface area contributed by atoms with Gasteiger partial charge in [0.05, 0.1) is 18.9 Å². The van der Waals surface area contributed by atoms with E-state index in [9.17, 15) is 10.2 Å².